The fourth-order valence-electron chi connectivity index (χ4n) is 0.452. The van der Waals surface area contributed by atoms with Crippen molar-refractivity contribution < 1.29 is 21.4 Å². The molecule has 1 N–H and O–H groups in total. The van der Waals surface area contributed by atoms with Crippen LogP contribution in [-0.2, 0) is 19.0 Å². The van der Waals surface area contributed by atoms with Gasteiger partial charge in [-0.1, -0.05) is 0 Å². The van der Waals surface area contributed by atoms with Gasteiger partial charge in [0.25, 0.3) is 10.1 Å². The molecule has 0 aromatic rings. The molecular formula is C4H10KO5S3. The monoisotopic (exact) mass is 273 g/mol. The van der Waals surface area contributed by atoms with Crippen molar-refractivity contribution in [1.82, 2.24) is 0 Å². The van der Waals surface area contributed by atoms with Crippen molar-refractivity contribution in [1.29, 1.82) is 0 Å². The average molecular weight is 273 g/mol. The van der Waals surface area contributed by atoms with Gasteiger partial charge in [-0.2, -0.15) is 8.42 Å². The molecule has 0 unspecified atom stereocenters. The summed E-state index contributed by atoms with van der Waals surface area (Å²) in [5, 5.41) is 0. The maximum Gasteiger partial charge on any atom is 0.264 e. The van der Waals surface area contributed by atoms with Crippen LogP contribution in [0, 0.1) is 0 Å². The van der Waals surface area contributed by atoms with Crippen molar-refractivity contribution in [2.45, 2.75) is 6.42 Å². The molecule has 0 aromatic carbocycles. The fourth-order valence-corrected chi connectivity index (χ4v) is 2.97. The van der Waals surface area contributed by atoms with E-state index in [2.05, 4.69) is 0 Å². The van der Waals surface area contributed by atoms with Crippen LogP contribution in [0.2, 0.25) is 0 Å². The van der Waals surface area contributed by atoms with Crippen LogP contribution in [0.1, 0.15) is 6.42 Å². The molecule has 0 fully saturated rings. The van der Waals surface area contributed by atoms with E-state index in [9.17, 15) is 16.8 Å². The Morgan fingerprint density at radius 1 is 1.23 bits per heavy atom. The summed E-state index contributed by atoms with van der Waals surface area (Å²) < 4.78 is 49.6. The molecule has 0 amide bonds. The van der Waals surface area contributed by atoms with Crippen molar-refractivity contribution in [3.63, 3.8) is 0 Å². The van der Waals surface area contributed by atoms with E-state index in [-0.39, 0.29) is 63.6 Å². The van der Waals surface area contributed by atoms with Gasteiger partial charge < -0.3 is 0 Å². The third-order valence-electron chi connectivity index (χ3n) is 0.844. The number of hydrogen-bond acceptors (Lipinski definition) is 5. The van der Waals surface area contributed by atoms with Crippen LogP contribution in [-0.4, -0.2) is 90.5 Å². The van der Waals surface area contributed by atoms with Gasteiger partial charge in [-0.15, -0.1) is 0 Å². The quantitative estimate of drug-likeness (QED) is 0.317. The van der Waals surface area contributed by atoms with Crippen LogP contribution < -0.4 is 0 Å². The van der Waals surface area contributed by atoms with Gasteiger partial charge in [0.15, 0.2) is 8.87 Å². The van der Waals surface area contributed by atoms with Gasteiger partial charge in [-0.25, -0.2) is 8.42 Å². The van der Waals surface area contributed by atoms with Gasteiger partial charge in [-0.3, -0.25) is 4.55 Å². The van der Waals surface area contributed by atoms with Crippen LogP contribution in [0.15, 0.2) is 0 Å². The molecule has 0 heterocycles. The molecule has 0 saturated heterocycles. The summed E-state index contributed by atoms with van der Waals surface area (Å²) in [5.41, 5.74) is 0. The molecule has 0 aliphatic heterocycles. The van der Waals surface area contributed by atoms with Gasteiger partial charge in [0.05, 0.1) is 5.75 Å². The molecule has 0 aliphatic rings. The Hall–Kier alpha value is 1.85. The smallest absolute Gasteiger partial charge is 0.264 e. The minimum atomic E-state index is -3.95. The van der Waals surface area contributed by atoms with Crippen molar-refractivity contribution in [3.8, 4) is 0 Å². The minimum absolute atomic E-state index is 0. The summed E-state index contributed by atoms with van der Waals surface area (Å²) in [6.07, 6.45) is 1.18. The Morgan fingerprint density at radius 3 is 2.00 bits per heavy atom. The van der Waals surface area contributed by atoms with Gasteiger partial charge in [0.2, 0.25) is 0 Å². The molecule has 5 nitrogen and oxygen atoms in total. The second kappa shape index (κ2) is 7.17. The standard InChI is InChI=1S/C4H10O5S3.K/c1-11(5,6)10-3-2-4-12(7,8)9;/h2-4H2,1H3,(H,7,8,9);. The van der Waals surface area contributed by atoms with Crippen LogP contribution in [0.3, 0.4) is 0 Å². The van der Waals surface area contributed by atoms with Crippen molar-refractivity contribution in [2.75, 3.05) is 17.8 Å². The van der Waals surface area contributed by atoms with E-state index in [1.165, 1.54) is 0 Å². The van der Waals surface area contributed by atoms with E-state index >= 15 is 0 Å². The van der Waals surface area contributed by atoms with Crippen molar-refractivity contribution in [3.05, 3.63) is 0 Å². The molecule has 75 valence electrons. The SMILES string of the molecule is CS(=O)(=O)SCCCS(=O)(=O)O.[K]. The minimum Gasteiger partial charge on any atom is -0.286 e. The summed E-state index contributed by atoms with van der Waals surface area (Å²) >= 11 is 0. The molecule has 13 heavy (non-hydrogen) atoms. The Bertz CT molecular complexity index is 284. The van der Waals surface area contributed by atoms with E-state index in [1.54, 1.807) is 0 Å². The summed E-state index contributed by atoms with van der Waals surface area (Å²) in [5.74, 6) is -0.214. The zero-order valence-corrected chi connectivity index (χ0v) is 13.0. The molecule has 0 spiro atoms. The second-order valence-electron chi connectivity index (χ2n) is 2.17. The first kappa shape index (κ1) is 17.2. The third-order valence-corrected chi connectivity index (χ3v) is 4.32. The summed E-state index contributed by atoms with van der Waals surface area (Å²) in [4.78, 5) is 0. The van der Waals surface area contributed by atoms with E-state index in [0.29, 0.717) is 10.8 Å². The predicted molar refractivity (Wildman–Crippen MR) is 54.1 cm³/mol. The normalized spacial score (nSPS) is 12.2. The topological polar surface area (TPSA) is 88.5 Å². The Balaban J connectivity index is 0. The van der Waals surface area contributed by atoms with Crippen LogP contribution in [0.25, 0.3) is 0 Å². The van der Waals surface area contributed by atoms with E-state index < -0.39 is 24.7 Å². The molecular weight excluding hydrogens is 263 g/mol. The first-order valence-electron chi connectivity index (χ1n) is 3.00. The molecule has 0 saturated carbocycles. The van der Waals surface area contributed by atoms with Crippen LogP contribution in [0.5, 0.6) is 0 Å². The van der Waals surface area contributed by atoms with E-state index in [1.807, 2.05) is 0 Å². The second-order valence-corrected chi connectivity index (χ2v) is 8.31. The van der Waals surface area contributed by atoms with Gasteiger partial charge in [0, 0.05) is 63.4 Å². The van der Waals surface area contributed by atoms with E-state index in [0.717, 1.165) is 6.26 Å². The third kappa shape index (κ3) is 16.5. The molecule has 0 atom stereocenters. The molecule has 9 heteroatoms. The summed E-state index contributed by atoms with van der Waals surface area (Å²) in [6.45, 7) is 0. The Morgan fingerprint density at radius 2 is 1.69 bits per heavy atom. The van der Waals surface area contributed by atoms with Gasteiger partial charge in [-0.05, 0) is 17.2 Å². The summed E-state index contributed by atoms with van der Waals surface area (Å²) in [6, 6.07) is 0. The maximum absolute atomic E-state index is 10.5. The fraction of sp³-hybridized carbons (Fsp3) is 1.00. The van der Waals surface area contributed by atoms with Crippen LogP contribution >= 0.6 is 10.8 Å². The van der Waals surface area contributed by atoms with Crippen LogP contribution in [0.4, 0.5) is 0 Å². The molecule has 0 aliphatic carbocycles. The zero-order valence-electron chi connectivity index (χ0n) is 7.43. The van der Waals surface area contributed by atoms with Gasteiger partial charge >= 0.3 is 0 Å². The summed E-state index contributed by atoms with van der Waals surface area (Å²) in [7, 11) is -6.38. The number of hydrogen-bond donors (Lipinski definition) is 1. The predicted octanol–water partition coefficient (Wildman–Crippen LogP) is -0.424. The molecule has 0 aromatic heterocycles. The largest absolute Gasteiger partial charge is 0.286 e. The Kier molecular flexibility index (Phi) is 9.52. The zero-order chi connectivity index (χ0) is 9.83. The molecule has 0 rings (SSSR count). The van der Waals surface area contributed by atoms with Crippen molar-refractivity contribution in [2.24, 2.45) is 0 Å². The first-order chi connectivity index (χ1) is 5.21. The first-order valence-corrected chi connectivity index (χ1v) is 8.00. The Labute approximate surface area is 125 Å². The van der Waals surface area contributed by atoms with Crippen molar-refractivity contribution >= 4 is 81.2 Å². The van der Waals surface area contributed by atoms with E-state index in [4.69, 9.17) is 4.55 Å². The maximum atomic E-state index is 10.5. The molecule has 0 bridgehead atoms. The average Bonchev–Trinajstić information content (AvgIpc) is 1.76. The molecule has 1 radical (unpaired) electrons. The number of rotatable bonds is 5. The van der Waals surface area contributed by atoms with Gasteiger partial charge in [0.1, 0.15) is 0 Å².